The summed E-state index contributed by atoms with van der Waals surface area (Å²) in [5, 5.41) is 11.2. The van der Waals surface area contributed by atoms with Crippen molar-refractivity contribution in [2.45, 2.75) is 39.0 Å². The normalized spacial score (nSPS) is 18.9. The van der Waals surface area contributed by atoms with Gasteiger partial charge in [-0.2, -0.15) is 5.10 Å². The lowest BCUT2D eigenvalue weighted by atomic mass is 10.00. The average Bonchev–Trinajstić information content (AvgIpc) is 3.24. The van der Waals surface area contributed by atoms with Crippen LogP contribution < -0.4 is 10.6 Å². The van der Waals surface area contributed by atoms with Gasteiger partial charge in [0.15, 0.2) is 5.69 Å². The Morgan fingerprint density at radius 2 is 2.15 bits per heavy atom. The zero-order valence-electron chi connectivity index (χ0n) is 15.3. The molecule has 1 amide bonds. The van der Waals surface area contributed by atoms with Crippen LogP contribution in [0.2, 0.25) is 0 Å². The van der Waals surface area contributed by atoms with Crippen LogP contribution in [0.4, 0.5) is 0 Å². The topological polar surface area (TPSA) is 59.0 Å². The summed E-state index contributed by atoms with van der Waals surface area (Å²) in [6, 6.07) is 8.24. The van der Waals surface area contributed by atoms with Gasteiger partial charge < -0.3 is 10.6 Å². The van der Waals surface area contributed by atoms with Crippen molar-refractivity contribution in [1.82, 2.24) is 20.4 Å². The van der Waals surface area contributed by atoms with Crippen molar-refractivity contribution >= 4 is 18.3 Å². The summed E-state index contributed by atoms with van der Waals surface area (Å²) in [5.74, 6) is 0.514. The van der Waals surface area contributed by atoms with Crippen molar-refractivity contribution in [2.24, 2.45) is 5.92 Å². The standard InChI is InChI=1S/C20H26N4O.ClH/c1-14-6-2-3-9-17(14)24-18-10-4-8-16(18)19(23-24)20(25)22-13-15-7-5-11-21-12-15;/h2-3,6,9,15,21H,4-5,7-8,10-13H2,1H3,(H,22,25);1H. The van der Waals surface area contributed by atoms with E-state index in [1.807, 2.05) is 16.8 Å². The lowest BCUT2D eigenvalue weighted by Gasteiger charge is -2.22. The molecular formula is C20H27ClN4O. The van der Waals surface area contributed by atoms with Gasteiger partial charge in [-0.15, -0.1) is 12.4 Å². The summed E-state index contributed by atoms with van der Waals surface area (Å²) >= 11 is 0. The molecule has 1 unspecified atom stereocenters. The first-order valence-corrected chi connectivity index (χ1v) is 9.39. The Hall–Kier alpha value is -1.85. The number of aromatic nitrogens is 2. The fourth-order valence-electron chi connectivity index (χ4n) is 4.04. The fraction of sp³-hybridized carbons (Fsp3) is 0.500. The molecule has 1 fully saturated rings. The van der Waals surface area contributed by atoms with E-state index in [0.717, 1.165) is 50.1 Å². The molecule has 2 aliphatic rings. The van der Waals surface area contributed by atoms with Crippen LogP contribution >= 0.6 is 12.4 Å². The Morgan fingerprint density at radius 3 is 2.92 bits per heavy atom. The highest BCUT2D eigenvalue weighted by atomic mass is 35.5. The quantitative estimate of drug-likeness (QED) is 0.865. The molecule has 1 aromatic heterocycles. The zero-order chi connectivity index (χ0) is 17.2. The maximum Gasteiger partial charge on any atom is 0.272 e. The molecule has 5 nitrogen and oxygen atoms in total. The minimum absolute atomic E-state index is 0. The fourth-order valence-corrected chi connectivity index (χ4v) is 4.04. The van der Waals surface area contributed by atoms with Crippen LogP contribution in [-0.4, -0.2) is 35.3 Å². The summed E-state index contributed by atoms with van der Waals surface area (Å²) < 4.78 is 1.99. The third kappa shape index (κ3) is 3.64. The van der Waals surface area contributed by atoms with Crippen LogP contribution in [0.1, 0.15) is 46.6 Å². The molecule has 2 N–H and O–H groups in total. The van der Waals surface area contributed by atoms with Crippen LogP contribution in [0.15, 0.2) is 24.3 Å². The molecule has 6 heteroatoms. The van der Waals surface area contributed by atoms with Gasteiger partial charge in [0.1, 0.15) is 0 Å². The van der Waals surface area contributed by atoms with Crippen LogP contribution in [0.5, 0.6) is 0 Å². The zero-order valence-corrected chi connectivity index (χ0v) is 16.1. The molecule has 1 aromatic carbocycles. The number of fused-ring (bicyclic) bond motifs is 1. The first-order chi connectivity index (χ1) is 12.2. The Morgan fingerprint density at radius 1 is 1.31 bits per heavy atom. The van der Waals surface area contributed by atoms with Gasteiger partial charge in [0.05, 0.1) is 5.69 Å². The molecule has 140 valence electrons. The Bertz CT molecular complexity index is 780. The summed E-state index contributed by atoms with van der Waals surface area (Å²) in [5.41, 5.74) is 5.23. The van der Waals surface area contributed by atoms with Crippen molar-refractivity contribution in [3.05, 3.63) is 46.8 Å². The van der Waals surface area contributed by atoms with Crippen LogP contribution in [0, 0.1) is 12.8 Å². The number of amides is 1. The predicted octanol–water partition coefficient (Wildman–Crippen LogP) is 2.82. The number of piperidine rings is 1. The second-order valence-corrected chi connectivity index (χ2v) is 7.25. The lowest BCUT2D eigenvalue weighted by molar-refractivity contribution is 0.0938. The third-order valence-corrected chi connectivity index (χ3v) is 5.44. The first-order valence-electron chi connectivity index (χ1n) is 9.39. The third-order valence-electron chi connectivity index (χ3n) is 5.44. The van der Waals surface area contributed by atoms with Gasteiger partial charge in [-0.25, -0.2) is 4.68 Å². The maximum atomic E-state index is 12.8. The number of aryl methyl sites for hydroxylation is 1. The van der Waals surface area contributed by atoms with E-state index in [1.54, 1.807) is 0 Å². The highest BCUT2D eigenvalue weighted by Gasteiger charge is 2.27. The number of carbonyl (C=O) groups excluding carboxylic acids is 1. The highest BCUT2D eigenvalue weighted by Crippen LogP contribution is 2.28. The van der Waals surface area contributed by atoms with Gasteiger partial charge >= 0.3 is 0 Å². The van der Waals surface area contributed by atoms with Gasteiger partial charge in [0.25, 0.3) is 5.91 Å². The molecule has 1 saturated heterocycles. The van der Waals surface area contributed by atoms with E-state index < -0.39 is 0 Å². The van der Waals surface area contributed by atoms with Crippen LogP contribution in [0.25, 0.3) is 5.69 Å². The molecule has 0 saturated carbocycles. The van der Waals surface area contributed by atoms with E-state index in [-0.39, 0.29) is 18.3 Å². The molecule has 2 aromatic rings. The molecular weight excluding hydrogens is 348 g/mol. The second kappa shape index (κ2) is 8.23. The SMILES string of the molecule is Cc1ccccc1-n1nc(C(=O)NCC2CCCNC2)c2c1CCC2.Cl. The largest absolute Gasteiger partial charge is 0.350 e. The Labute approximate surface area is 161 Å². The summed E-state index contributed by atoms with van der Waals surface area (Å²) in [6.45, 7) is 4.92. The average molecular weight is 375 g/mol. The van der Waals surface area contributed by atoms with E-state index in [4.69, 9.17) is 5.10 Å². The number of carbonyl (C=O) groups is 1. The van der Waals surface area contributed by atoms with Gasteiger partial charge in [0, 0.05) is 17.8 Å². The molecule has 0 spiro atoms. The van der Waals surface area contributed by atoms with Crippen molar-refractivity contribution < 1.29 is 4.79 Å². The molecule has 26 heavy (non-hydrogen) atoms. The summed E-state index contributed by atoms with van der Waals surface area (Å²) in [7, 11) is 0. The molecule has 1 atom stereocenters. The predicted molar refractivity (Wildman–Crippen MR) is 106 cm³/mol. The number of nitrogens with zero attached hydrogens (tertiary/aromatic N) is 2. The van der Waals surface area contributed by atoms with Crippen molar-refractivity contribution in [2.75, 3.05) is 19.6 Å². The summed E-state index contributed by atoms with van der Waals surface area (Å²) in [4.78, 5) is 12.8. The van der Waals surface area contributed by atoms with E-state index in [9.17, 15) is 4.79 Å². The molecule has 1 aliphatic carbocycles. The number of benzene rings is 1. The van der Waals surface area contributed by atoms with E-state index >= 15 is 0 Å². The van der Waals surface area contributed by atoms with Crippen molar-refractivity contribution in [1.29, 1.82) is 0 Å². The van der Waals surface area contributed by atoms with Gasteiger partial charge in [0.2, 0.25) is 0 Å². The van der Waals surface area contributed by atoms with Crippen molar-refractivity contribution in [3.63, 3.8) is 0 Å². The second-order valence-electron chi connectivity index (χ2n) is 7.25. The van der Waals surface area contributed by atoms with E-state index in [2.05, 4.69) is 29.7 Å². The van der Waals surface area contributed by atoms with E-state index in [0.29, 0.717) is 11.6 Å². The minimum Gasteiger partial charge on any atom is -0.350 e. The van der Waals surface area contributed by atoms with Crippen LogP contribution in [0.3, 0.4) is 0 Å². The Kier molecular flexibility index (Phi) is 5.99. The smallest absolute Gasteiger partial charge is 0.272 e. The minimum atomic E-state index is -0.0175. The summed E-state index contributed by atoms with van der Waals surface area (Å²) in [6.07, 6.45) is 5.43. The number of para-hydroxylation sites is 1. The monoisotopic (exact) mass is 374 g/mol. The Balaban J connectivity index is 0.00000196. The lowest BCUT2D eigenvalue weighted by Crippen LogP contribution is -2.38. The van der Waals surface area contributed by atoms with Crippen LogP contribution in [-0.2, 0) is 12.8 Å². The molecule has 0 radical (unpaired) electrons. The number of hydrogen-bond acceptors (Lipinski definition) is 3. The van der Waals surface area contributed by atoms with E-state index in [1.165, 1.54) is 24.1 Å². The molecule has 2 heterocycles. The number of halogens is 1. The van der Waals surface area contributed by atoms with Gasteiger partial charge in [-0.1, -0.05) is 18.2 Å². The van der Waals surface area contributed by atoms with Gasteiger partial charge in [-0.3, -0.25) is 4.79 Å². The highest BCUT2D eigenvalue weighted by molar-refractivity contribution is 5.94. The first kappa shape index (κ1) is 18.9. The molecule has 1 aliphatic heterocycles. The molecule has 0 bridgehead atoms. The molecule has 4 rings (SSSR count). The van der Waals surface area contributed by atoms with Crippen molar-refractivity contribution in [3.8, 4) is 5.69 Å². The number of rotatable bonds is 4. The number of hydrogen-bond donors (Lipinski definition) is 2. The van der Waals surface area contributed by atoms with Gasteiger partial charge in [-0.05, 0) is 69.7 Å². The number of nitrogens with one attached hydrogen (secondary N) is 2. The maximum absolute atomic E-state index is 12.8.